The molecule has 0 aromatic heterocycles. The Hall–Kier alpha value is -0.810. The fourth-order valence-corrected chi connectivity index (χ4v) is 1.77. The Bertz CT molecular complexity index is 248. The Kier molecular flexibility index (Phi) is 7.08. The summed E-state index contributed by atoms with van der Waals surface area (Å²) in [6, 6.07) is 0. The summed E-state index contributed by atoms with van der Waals surface area (Å²) in [7, 11) is 0. The van der Waals surface area contributed by atoms with E-state index in [2.05, 4.69) is 17.6 Å². The zero-order valence-corrected chi connectivity index (χ0v) is 10.3. The maximum Gasteiger partial charge on any atom is 0.225 e. The van der Waals surface area contributed by atoms with Crippen LogP contribution in [0.2, 0.25) is 0 Å². The summed E-state index contributed by atoms with van der Waals surface area (Å²) in [6.07, 6.45) is 2.01. The molecule has 2 atom stereocenters. The second-order valence-electron chi connectivity index (χ2n) is 3.92. The summed E-state index contributed by atoms with van der Waals surface area (Å²) in [6.45, 7) is 3.81. The molecule has 2 amide bonds. The van der Waals surface area contributed by atoms with Gasteiger partial charge in [-0.25, -0.2) is 0 Å². The third-order valence-corrected chi connectivity index (χ3v) is 2.75. The van der Waals surface area contributed by atoms with E-state index in [0.717, 1.165) is 12.8 Å². The number of hydrogen-bond donors (Lipinski definition) is 3. The van der Waals surface area contributed by atoms with Gasteiger partial charge in [-0.1, -0.05) is 13.3 Å². The molecule has 2 unspecified atom stereocenters. The Morgan fingerprint density at radius 1 is 1.38 bits per heavy atom. The van der Waals surface area contributed by atoms with Gasteiger partial charge in [0.2, 0.25) is 11.8 Å². The number of unbranched alkanes of at least 4 members (excludes halogenated alkanes) is 1. The number of nitrogens with two attached hydrogens (primary N) is 1. The maximum absolute atomic E-state index is 11.7. The zero-order valence-electron chi connectivity index (χ0n) is 9.49. The van der Waals surface area contributed by atoms with Crippen LogP contribution in [0.4, 0.5) is 0 Å². The van der Waals surface area contributed by atoms with Gasteiger partial charge in [-0.3, -0.25) is 9.59 Å². The lowest BCUT2D eigenvalue weighted by Crippen LogP contribution is -2.39. The van der Waals surface area contributed by atoms with Crippen molar-refractivity contribution in [2.45, 2.75) is 19.8 Å². The van der Waals surface area contributed by atoms with Crippen LogP contribution in [0.3, 0.4) is 0 Å². The number of primary amides is 1. The van der Waals surface area contributed by atoms with Crippen molar-refractivity contribution in [1.29, 1.82) is 0 Å². The first-order valence-corrected chi connectivity index (χ1v) is 5.44. The zero-order chi connectivity index (χ0) is 11.3. The first-order valence-electron chi connectivity index (χ1n) is 5.44. The average molecular weight is 250 g/mol. The molecule has 1 saturated heterocycles. The molecule has 16 heavy (non-hydrogen) atoms. The molecule has 0 bridgehead atoms. The Labute approximate surface area is 102 Å². The van der Waals surface area contributed by atoms with Crippen molar-refractivity contribution in [1.82, 2.24) is 10.6 Å². The molecule has 0 spiro atoms. The van der Waals surface area contributed by atoms with E-state index >= 15 is 0 Å². The van der Waals surface area contributed by atoms with Crippen molar-refractivity contribution < 1.29 is 9.59 Å². The van der Waals surface area contributed by atoms with Crippen molar-refractivity contribution in [3.8, 4) is 0 Å². The van der Waals surface area contributed by atoms with E-state index < -0.39 is 5.91 Å². The molecule has 1 aliphatic heterocycles. The molecule has 1 rings (SSSR count). The molecular weight excluding hydrogens is 230 g/mol. The Morgan fingerprint density at radius 3 is 2.56 bits per heavy atom. The Morgan fingerprint density at radius 2 is 2.00 bits per heavy atom. The molecule has 0 aromatic rings. The molecular formula is C10H20ClN3O2. The highest BCUT2D eigenvalue weighted by Gasteiger charge is 2.36. The van der Waals surface area contributed by atoms with E-state index in [4.69, 9.17) is 5.73 Å². The predicted molar refractivity (Wildman–Crippen MR) is 64.2 cm³/mol. The van der Waals surface area contributed by atoms with Crippen LogP contribution in [0.5, 0.6) is 0 Å². The summed E-state index contributed by atoms with van der Waals surface area (Å²) < 4.78 is 0. The number of carbonyl (C=O) groups excluding carboxylic acids is 2. The summed E-state index contributed by atoms with van der Waals surface area (Å²) in [4.78, 5) is 22.7. The number of nitrogens with one attached hydrogen (secondary N) is 2. The van der Waals surface area contributed by atoms with Gasteiger partial charge in [-0.2, -0.15) is 0 Å². The van der Waals surface area contributed by atoms with Gasteiger partial charge in [0.1, 0.15) is 0 Å². The second kappa shape index (κ2) is 7.46. The van der Waals surface area contributed by atoms with Crippen LogP contribution >= 0.6 is 12.4 Å². The molecule has 1 aliphatic rings. The van der Waals surface area contributed by atoms with Crippen LogP contribution in [-0.2, 0) is 9.59 Å². The third kappa shape index (κ3) is 3.98. The quantitative estimate of drug-likeness (QED) is 0.582. The second-order valence-corrected chi connectivity index (χ2v) is 3.92. The fourth-order valence-electron chi connectivity index (χ4n) is 1.77. The van der Waals surface area contributed by atoms with E-state index in [1.54, 1.807) is 0 Å². The SMILES string of the molecule is CCCCNC(=O)C1CNCC1C(N)=O.Cl. The van der Waals surface area contributed by atoms with Crippen molar-refractivity contribution in [2.75, 3.05) is 19.6 Å². The standard InChI is InChI=1S/C10H19N3O2.ClH/c1-2-3-4-13-10(15)8-6-12-5-7(8)9(11)14;/h7-8,12H,2-6H2,1H3,(H2,11,14)(H,13,15);1H. The first-order chi connectivity index (χ1) is 7.16. The summed E-state index contributed by atoms with van der Waals surface area (Å²) in [5, 5.41) is 5.84. The summed E-state index contributed by atoms with van der Waals surface area (Å²) in [5.41, 5.74) is 5.22. The van der Waals surface area contributed by atoms with Gasteiger partial charge in [0.25, 0.3) is 0 Å². The number of hydrogen-bond acceptors (Lipinski definition) is 3. The van der Waals surface area contributed by atoms with Gasteiger partial charge in [-0.05, 0) is 6.42 Å². The lowest BCUT2D eigenvalue weighted by atomic mass is 9.94. The molecule has 1 fully saturated rings. The van der Waals surface area contributed by atoms with E-state index in [1.807, 2.05) is 0 Å². The summed E-state index contributed by atoms with van der Waals surface area (Å²) >= 11 is 0. The highest BCUT2D eigenvalue weighted by atomic mass is 35.5. The molecule has 5 nitrogen and oxygen atoms in total. The van der Waals surface area contributed by atoms with Crippen molar-refractivity contribution in [3.05, 3.63) is 0 Å². The minimum atomic E-state index is -0.393. The molecule has 1 heterocycles. The van der Waals surface area contributed by atoms with E-state index in [0.29, 0.717) is 19.6 Å². The number of amides is 2. The lowest BCUT2D eigenvalue weighted by Gasteiger charge is -2.14. The minimum absolute atomic E-state index is 0. The molecule has 4 N–H and O–H groups in total. The highest BCUT2D eigenvalue weighted by Crippen LogP contribution is 2.16. The van der Waals surface area contributed by atoms with Gasteiger partial charge in [-0.15, -0.1) is 12.4 Å². The highest BCUT2D eigenvalue weighted by molar-refractivity contribution is 5.87. The van der Waals surface area contributed by atoms with Crippen molar-refractivity contribution in [3.63, 3.8) is 0 Å². The normalized spacial score (nSPS) is 23.6. The number of rotatable bonds is 5. The van der Waals surface area contributed by atoms with Crippen LogP contribution in [-0.4, -0.2) is 31.4 Å². The van der Waals surface area contributed by atoms with Crippen LogP contribution < -0.4 is 16.4 Å². The fraction of sp³-hybridized carbons (Fsp3) is 0.800. The van der Waals surface area contributed by atoms with E-state index in [9.17, 15) is 9.59 Å². The van der Waals surface area contributed by atoms with Gasteiger partial charge < -0.3 is 16.4 Å². The van der Waals surface area contributed by atoms with Crippen molar-refractivity contribution in [2.24, 2.45) is 17.6 Å². The van der Waals surface area contributed by atoms with Crippen LogP contribution in [0, 0.1) is 11.8 Å². The third-order valence-electron chi connectivity index (χ3n) is 2.75. The van der Waals surface area contributed by atoms with Gasteiger partial charge >= 0.3 is 0 Å². The average Bonchev–Trinajstić information content (AvgIpc) is 2.66. The lowest BCUT2D eigenvalue weighted by molar-refractivity contribution is -0.131. The van der Waals surface area contributed by atoms with Gasteiger partial charge in [0.05, 0.1) is 11.8 Å². The van der Waals surface area contributed by atoms with Gasteiger partial charge in [0.15, 0.2) is 0 Å². The maximum atomic E-state index is 11.7. The topological polar surface area (TPSA) is 84.2 Å². The largest absolute Gasteiger partial charge is 0.369 e. The molecule has 0 radical (unpaired) electrons. The predicted octanol–water partition coefficient (Wildman–Crippen LogP) is -0.355. The van der Waals surface area contributed by atoms with E-state index in [1.165, 1.54) is 0 Å². The molecule has 6 heteroatoms. The molecule has 0 aromatic carbocycles. The number of carbonyl (C=O) groups is 2. The number of halogens is 1. The Balaban J connectivity index is 0.00000225. The van der Waals surface area contributed by atoms with Crippen molar-refractivity contribution >= 4 is 24.2 Å². The summed E-state index contributed by atoms with van der Waals surface area (Å²) in [5.74, 6) is -1.10. The van der Waals surface area contributed by atoms with Crippen LogP contribution in [0.25, 0.3) is 0 Å². The van der Waals surface area contributed by atoms with Crippen LogP contribution in [0.15, 0.2) is 0 Å². The van der Waals surface area contributed by atoms with Gasteiger partial charge in [0, 0.05) is 19.6 Å². The molecule has 0 saturated carbocycles. The monoisotopic (exact) mass is 249 g/mol. The van der Waals surface area contributed by atoms with E-state index in [-0.39, 0.29) is 30.2 Å². The first kappa shape index (κ1) is 15.2. The molecule has 94 valence electrons. The van der Waals surface area contributed by atoms with Crippen LogP contribution in [0.1, 0.15) is 19.8 Å². The smallest absolute Gasteiger partial charge is 0.225 e. The minimum Gasteiger partial charge on any atom is -0.369 e. The molecule has 0 aliphatic carbocycles.